The molecule has 0 saturated carbocycles. The predicted molar refractivity (Wildman–Crippen MR) is 155 cm³/mol. The molecule has 7 nitrogen and oxygen atoms in total. The number of aryl methyl sites for hydroxylation is 1. The van der Waals surface area contributed by atoms with Gasteiger partial charge in [0.15, 0.2) is 0 Å². The number of anilines is 1. The van der Waals surface area contributed by atoms with E-state index in [0.29, 0.717) is 17.0 Å². The number of ether oxygens (including phenoxy) is 2. The lowest BCUT2D eigenvalue weighted by atomic mass is 9.94. The van der Waals surface area contributed by atoms with Crippen molar-refractivity contribution in [1.29, 1.82) is 0 Å². The molecule has 0 aliphatic heterocycles. The molecule has 0 fully saturated rings. The lowest BCUT2D eigenvalue weighted by molar-refractivity contribution is 0.100. The molecule has 1 heterocycles. The van der Waals surface area contributed by atoms with Crippen molar-refractivity contribution in [2.75, 3.05) is 26.1 Å². The quantitative estimate of drug-likeness (QED) is 0.292. The van der Waals surface area contributed by atoms with E-state index in [4.69, 9.17) is 15.2 Å². The molecule has 0 saturated heterocycles. The molecule has 0 spiro atoms. The van der Waals surface area contributed by atoms with Crippen LogP contribution in [0.2, 0.25) is 0 Å². The Balaban J connectivity index is 0.000000446. The number of thiazole rings is 1. The van der Waals surface area contributed by atoms with Crippen LogP contribution >= 0.6 is 11.3 Å². The van der Waals surface area contributed by atoms with Crippen molar-refractivity contribution >= 4 is 39.1 Å². The molecular weight excluding hydrogens is 486 g/mol. The van der Waals surface area contributed by atoms with Gasteiger partial charge in [-0.1, -0.05) is 59.6 Å². The van der Waals surface area contributed by atoms with Crippen LogP contribution in [0, 0.1) is 18.8 Å². The molecule has 0 aliphatic rings. The highest BCUT2D eigenvalue weighted by molar-refractivity contribution is 7.19. The van der Waals surface area contributed by atoms with E-state index in [1.165, 1.54) is 37.7 Å². The van der Waals surface area contributed by atoms with Crippen LogP contribution in [0.25, 0.3) is 10.2 Å². The Morgan fingerprint density at radius 2 is 1.76 bits per heavy atom. The fourth-order valence-corrected chi connectivity index (χ4v) is 5.07. The maximum Gasteiger partial charge on any atom is 0.260 e. The van der Waals surface area contributed by atoms with Gasteiger partial charge in [-0.05, 0) is 49.4 Å². The molecule has 3 N–H and O–H groups in total. The smallest absolute Gasteiger partial charge is 0.260 e. The van der Waals surface area contributed by atoms with Gasteiger partial charge in [0.2, 0.25) is 0 Å². The summed E-state index contributed by atoms with van der Waals surface area (Å²) >= 11 is 1.41. The average Bonchev–Trinajstić information content (AvgIpc) is 3.25. The minimum atomic E-state index is -0.607. The van der Waals surface area contributed by atoms with Gasteiger partial charge in [-0.15, -0.1) is 11.3 Å². The van der Waals surface area contributed by atoms with Gasteiger partial charge in [0.1, 0.15) is 11.3 Å². The first kappa shape index (κ1) is 32.1. The number of para-hydroxylation sites is 1. The van der Waals surface area contributed by atoms with Gasteiger partial charge in [-0.3, -0.25) is 9.59 Å². The topological polar surface area (TPSA) is 104 Å². The number of nitrogens with two attached hydrogens (primary N) is 1. The Labute approximate surface area is 225 Å². The summed E-state index contributed by atoms with van der Waals surface area (Å²) in [6, 6.07) is 10.1. The van der Waals surface area contributed by atoms with Crippen LogP contribution in [0.15, 0.2) is 36.4 Å². The molecule has 1 aromatic heterocycles. The number of aromatic nitrogens is 1. The van der Waals surface area contributed by atoms with E-state index in [9.17, 15) is 9.59 Å². The third-order valence-corrected chi connectivity index (χ3v) is 6.56. The maximum atomic E-state index is 12.8. The molecular formula is C29H43N3O4S. The van der Waals surface area contributed by atoms with E-state index in [0.717, 1.165) is 33.7 Å². The minimum absolute atomic E-state index is 0.248. The largest absolute Gasteiger partial charge is 0.496 e. The Bertz CT molecular complexity index is 1120. The van der Waals surface area contributed by atoms with E-state index in [2.05, 4.69) is 31.1 Å². The summed E-state index contributed by atoms with van der Waals surface area (Å²) < 4.78 is 11.1. The summed E-state index contributed by atoms with van der Waals surface area (Å²) in [6.45, 7) is 13.6. The van der Waals surface area contributed by atoms with Gasteiger partial charge < -0.3 is 20.5 Å². The molecule has 37 heavy (non-hydrogen) atoms. The SMILES string of the molecule is CC.CCCC(C)CC(C)COC.COc1ccc2nc(C)sc2c1C(=O)Nc1ccccc1C(N)=O. The van der Waals surface area contributed by atoms with Gasteiger partial charge in [0.25, 0.3) is 11.8 Å². The van der Waals surface area contributed by atoms with Gasteiger partial charge in [-0.2, -0.15) is 0 Å². The summed E-state index contributed by atoms with van der Waals surface area (Å²) in [5.74, 6) is 1.05. The Hall–Kier alpha value is -2.97. The van der Waals surface area contributed by atoms with Crippen molar-refractivity contribution in [2.24, 2.45) is 17.6 Å². The van der Waals surface area contributed by atoms with Gasteiger partial charge >= 0.3 is 0 Å². The zero-order chi connectivity index (χ0) is 28.0. The molecule has 204 valence electrons. The number of hydrogen-bond donors (Lipinski definition) is 2. The lowest BCUT2D eigenvalue weighted by Gasteiger charge is -2.15. The van der Waals surface area contributed by atoms with Crippen LogP contribution in [0.5, 0.6) is 5.75 Å². The van der Waals surface area contributed by atoms with Crippen LogP contribution in [-0.4, -0.2) is 37.6 Å². The second kappa shape index (κ2) is 16.7. The Kier molecular flexibility index (Phi) is 14.5. The first-order valence-corrected chi connectivity index (χ1v) is 13.7. The van der Waals surface area contributed by atoms with Crippen LogP contribution in [0.4, 0.5) is 5.69 Å². The number of nitrogens with one attached hydrogen (secondary N) is 1. The molecule has 2 aromatic carbocycles. The number of hydrogen-bond acceptors (Lipinski definition) is 6. The molecule has 0 aliphatic carbocycles. The summed E-state index contributed by atoms with van der Waals surface area (Å²) in [6.07, 6.45) is 3.97. The maximum absolute atomic E-state index is 12.8. The molecule has 2 unspecified atom stereocenters. The Morgan fingerprint density at radius 1 is 1.08 bits per heavy atom. The lowest BCUT2D eigenvalue weighted by Crippen LogP contribution is -2.18. The standard InChI is InChI=1S/C17H15N3O3S.C10H22O.C2H6/c1-9-19-12-7-8-13(23-2)14(15(12)24-9)17(22)20-11-6-4-3-5-10(11)16(18)21;1-5-6-9(2)7-10(3)8-11-4;1-2/h3-8H,1-2H3,(H2,18,21)(H,20,22);9-10H,5-8H2,1-4H3;1-2H3. The van der Waals surface area contributed by atoms with E-state index in [1.54, 1.807) is 37.4 Å². The number of rotatable bonds is 10. The number of primary amides is 1. The summed E-state index contributed by atoms with van der Waals surface area (Å²) in [5.41, 5.74) is 7.08. The highest BCUT2D eigenvalue weighted by Gasteiger charge is 2.20. The van der Waals surface area contributed by atoms with Crippen molar-refractivity contribution < 1.29 is 19.1 Å². The zero-order valence-corrected chi connectivity index (χ0v) is 24.3. The predicted octanol–water partition coefficient (Wildman–Crippen LogP) is 7.09. The second-order valence-electron chi connectivity index (χ2n) is 8.78. The molecule has 0 radical (unpaired) electrons. The minimum Gasteiger partial charge on any atom is -0.496 e. The van der Waals surface area contributed by atoms with E-state index in [-0.39, 0.29) is 11.5 Å². The van der Waals surface area contributed by atoms with Crippen molar-refractivity contribution in [3.05, 3.63) is 52.5 Å². The molecule has 2 amide bonds. The average molecular weight is 530 g/mol. The number of benzene rings is 2. The second-order valence-corrected chi connectivity index (χ2v) is 9.98. The summed E-state index contributed by atoms with van der Waals surface area (Å²) in [7, 11) is 3.28. The monoisotopic (exact) mass is 529 g/mol. The van der Waals surface area contributed by atoms with E-state index < -0.39 is 5.91 Å². The summed E-state index contributed by atoms with van der Waals surface area (Å²) in [4.78, 5) is 28.7. The first-order valence-electron chi connectivity index (χ1n) is 12.8. The van der Waals surface area contributed by atoms with Crippen LogP contribution in [0.1, 0.15) is 79.6 Å². The number of methoxy groups -OCH3 is 2. The van der Waals surface area contributed by atoms with Crippen molar-refractivity contribution in [2.45, 2.75) is 60.8 Å². The van der Waals surface area contributed by atoms with Crippen LogP contribution in [-0.2, 0) is 4.74 Å². The molecule has 2 atom stereocenters. The van der Waals surface area contributed by atoms with Crippen molar-refractivity contribution in [3.63, 3.8) is 0 Å². The van der Waals surface area contributed by atoms with Crippen LogP contribution < -0.4 is 15.8 Å². The first-order chi connectivity index (χ1) is 17.7. The van der Waals surface area contributed by atoms with Crippen molar-refractivity contribution in [1.82, 2.24) is 4.98 Å². The normalized spacial score (nSPS) is 11.9. The summed E-state index contributed by atoms with van der Waals surface area (Å²) in [5, 5.41) is 3.60. The Morgan fingerprint density at radius 3 is 2.35 bits per heavy atom. The van der Waals surface area contributed by atoms with Gasteiger partial charge in [0, 0.05) is 13.7 Å². The third-order valence-electron chi connectivity index (χ3n) is 5.55. The number of fused-ring (bicyclic) bond motifs is 1. The fourth-order valence-electron chi connectivity index (χ4n) is 4.11. The number of nitrogens with zero attached hydrogens (tertiary/aromatic N) is 1. The van der Waals surface area contributed by atoms with E-state index in [1.807, 2.05) is 26.8 Å². The number of amides is 2. The zero-order valence-electron chi connectivity index (χ0n) is 23.5. The van der Waals surface area contributed by atoms with Crippen LogP contribution in [0.3, 0.4) is 0 Å². The fraction of sp³-hybridized carbons (Fsp3) is 0.483. The van der Waals surface area contributed by atoms with Gasteiger partial charge in [0.05, 0.1) is 33.6 Å². The number of carbonyl (C=O) groups is 2. The molecule has 3 aromatic rings. The third kappa shape index (κ3) is 9.78. The number of carbonyl (C=O) groups excluding carboxylic acids is 2. The highest BCUT2D eigenvalue weighted by Crippen LogP contribution is 2.33. The molecule has 3 rings (SSSR count). The highest BCUT2D eigenvalue weighted by atomic mass is 32.1. The molecule has 8 heteroatoms. The van der Waals surface area contributed by atoms with E-state index >= 15 is 0 Å². The molecule has 0 bridgehead atoms. The van der Waals surface area contributed by atoms with Crippen molar-refractivity contribution in [3.8, 4) is 5.75 Å². The van der Waals surface area contributed by atoms with Gasteiger partial charge in [-0.25, -0.2) is 4.98 Å².